The normalized spacial score (nSPS) is 10.1. The fourth-order valence-corrected chi connectivity index (χ4v) is 1.57. The molecule has 0 saturated heterocycles. The summed E-state index contributed by atoms with van der Waals surface area (Å²) >= 11 is 5.81. The van der Waals surface area contributed by atoms with E-state index >= 15 is 0 Å². The van der Waals surface area contributed by atoms with Gasteiger partial charge in [-0.1, -0.05) is 11.6 Å². The highest BCUT2D eigenvalue weighted by molar-refractivity contribution is 6.31. The van der Waals surface area contributed by atoms with Crippen LogP contribution in [-0.4, -0.2) is 17.5 Å². The number of esters is 1. The lowest BCUT2D eigenvalue weighted by Gasteiger charge is -2.05. The number of hydrogen-bond donors (Lipinski definition) is 0. The minimum atomic E-state index is -0.556. The van der Waals surface area contributed by atoms with Crippen molar-refractivity contribution in [1.82, 2.24) is 0 Å². The van der Waals surface area contributed by atoms with Crippen LogP contribution in [0.1, 0.15) is 18.1 Å². The summed E-state index contributed by atoms with van der Waals surface area (Å²) in [4.78, 5) is 21.6. The van der Waals surface area contributed by atoms with Crippen molar-refractivity contribution >= 4 is 23.3 Å². The molecule has 0 spiro atoms. The summed E-state index contributed by atoms with van der Waals surface area (Å²) in [6.45, 7) is 3.65. The van der Waals surface area contributed by atoms with E-state index in [-0.39, 0.29) is 18.7 Å². The molecule has 92 valence electrons. The maximum Gasteiger partial charge on any atom is 0.310 e. The van der Waals surface area contributed by atoms with Crippen LogP contribution in [0.3, 0.4) is 0 Å². The Bertz CT molecular complexity index is 459. The van der Waals surface area contributed by atoms with Crippen molar-refractivity contribution in [2.24, 2.45) is 0 Å². The maximum absolute atomic E-state index is 11.3. The van der Waals surface area contributed by atoms with Gasteiger partial charge in [0.05, 0.1) is 23.0 Å². The number of aryl methyl sites for hydroxylation is 1. The van der Waals surface area contributed by atoms with Crippen LogP contribution in [0.15, 0.2) is 12.1 Å². The Kier molecular flexibility index (Phi) is 4.45. The van der Waals surface area contributed by atoms with Crippen LogP contribution in [0.2, 0.25) is 5.02 Å². The van der Waals surface area contributed by atoms with Gasteiger partial charge in [0.25, 0.3) is 5.69 Å². The van der Waals surface area contributed by atoms with Crippen molar-refractivity contribution in [3.63, 3.8) is 0 Å². The van der Waals surface area contributed by atoms with E-state index < -0.39 is 10.9 Å². The van der Waals surface area contributed by atoms with Gasteiger partial charge in [-0.2, -0.15) is 0 Å². The minimum Gasteiger partial charge on any atom is -0.466 e. The molecule has 1 aromatic rings. The highest BCUT2D eigenvalue weighted by Crippen LogP contribution is 2.27. The Labute approximate surface area is 103 Å². The minimum absolute atomic E-state index is 0.123. The van der Waals surface area contributed by atoms with Gasteiger partial charge < -0.3 is 4.74 Å². The summed E-state index contributed by atoms with van der Waals surface area (Å²) in [7, 11) is 0. The number of carbonyl (C=O) groups excluding carboxylic acids is 1. The third-order valence-corrected chi connectivity index (χ3v) is 2.60. The number of rotatable bonds is 4. The van der Waals surface area contributed by atoms with Gasteiger partial charge >= 0.3 is 5.97 Å². The number of nitrogens with zero attached hydrogens (tertiary/aromatic N) is 1. The van der Waals surface area contributed by atoms with Gasteiger partial charge in [0.15, 0.2) is 0 Å². The summed E-state index contributed by atoms with van der Waals surface area (Å²) in [5.41, 5.74) is 0.848. The molecule has 5 nitrogen and oxygen atoms in total. The van der Waals surface area contributed by atoms with E-state index in [1.54, 1.807) is 13.8 Å². The molecule has 0 aliphatic carbocycles. The molecular weight excluding hydrogens is 246 g/mol. The van der Waals surface area contributed by atoms with Crippen LogP contribution >= 0.6 is 11.6 Å². The largest absolute Gasteiger partial charge is 0.466 e. The second-order valence-corrected chi connectivity index (χ2v) is 3.88. The second kappa shape index (κ2) is 5.63. The predicted molar refractivity (Wildman–Crippen MR) is 63.2 cm³/mol. The van der Waals surface area contributed by atoms with E-state index in [0.29, 0.717) is 16.1 Å². The molecule has 0 aliphatic heterocycles. The maximum atomic E-state index is 11.3. The SMILES string of the molecule is CCOC(=O)Cc1cc(C)c(Cl)cc1[N+](=O)[O-]. The quantitative estimate of drug-likeness (QED) is 0.472. The zero-order valence-electron chi connectivity index (χ0n) is 9.53. The van der Waals surface area contributed by atoms with Gasteiger partial charge in [-0.05, 0) is 25.5 Å². The van der Waals surface area contributed by atoms with Crippen LogP contribution in [0.25, 0.3) is 0 Å². The lowest BCUT2D eigenvalue weighted by Crippen LogP contribution is -2.09. The molecule has 0 heterocycles. The molecule has 0 saturated carbocycles. The van der Waals surface area contributed by atoms with Gasteiger partial charge in [-0.3, -0.25) is 14.9 Å². The molecule has 0 fully saturated rings. The zero-order valence-corrected chi connectivity index (χ0v) is 10.3. The Balaban J connectivity index is 3.08. The summed E-state index contributed by atoms with van der Waals surface area (Å²) in [5, 5.41) is 11.1. The third kappa shape index (κ3) is 3.42. The molecule has 0 amide bonds. The van der Waals surface area contributed by atoms with Crippen molar-refractivity contribution < 1.29 is 14.5 Å². The van der Waals surface area contributed by atoms with Crippen molar-refractivity contribution in [2.75, 3.05) is 6.61 Å². The Hall–Kier alpha value is -1.62. The molecule has 6 heteroatoms. The average Bonchev–Trinajstić information content (AvgIpc) is 2.23. The molecule has 0 radical (unpaired) electrons. The van der Waals surface area contributed by atoms with Gasteiger partial charge in [0.2, 0.25) is 0 Å². The number of nitro groups is 1. The third-order valence-electron chi connectivity index (χ3n) is 2.20. The lowest BCUT2D eigenvalue weighted by atomic mass is 10.1. The molecule has 0 bridgehead atoms. The predicted octanol–water partition coefficient (Wildman–Crippen LogP) is 2.66. The summed E-state index contributed by atoms with van der Waals surface area (Å²) in [6, 6.07) is 2.79. The monoisotopic (exact) mass is 257 g/mol. The lowest BCUT2D eigenvalue weighted by molar-refractivity contribution is -0.385. The van der Waals surface area contributed by atoms with Crippen LogP contribution in [0, 0.1) is 17.0 Å². The van der Waals surface area contributed by atoms with Gasteiger partial charge in [0, 0.05) is 11.6 Å². The fourth-order valence-electron chi connectivity index (χ4n) is 1.41. The van der Waals surface area contributed by atoms with Crippen LogP contribution in [0.4, 0.5) is 5.69 Å². The fraction of sp³-hybridized carbons (Fsp3) is 0.364. The first-order valence-electron chi connectivity index (χ1n) is 5.04. The summed E-state index contributed by atoms with van der Waals surface area (Å²) in [5.74, 6) is -0.489. The standard InChI is InChI=1S/C11H12ClNO4/c1-3-17-11(14)5-8-4-7(2)9(12)6-10(8)13(15)16/h4,6H,3,5H2,1-2H3. The Morgan fingerprint density at radius 2 is 2.18 bits per heavy atom. The van der Waals surface area contributed by atoms with Crippen LogP contribution in [-0.2, 0) is 16.0 Å². The number of ether oxygens (including phenoxy) is 1. The molecular formula is C11H12ClNO4. The highest BCUT2D eigenvalue weighted by atomic mass is 35.5. The van der Waals surface area contributed by atoms with Crippen molar-refractivity contribution in [2.45, 2.75) is 20.3 Å². The van der Waals surface area contributed by atoms with E-state index in [9.17, 15) is 14.9 Å². The molecule has 0 aliphatic rings. The molecule has 0 atom stereocenters. The van der Waals surface area contributed by atoms with Gasteiger partial charge in [0.1, 0.15) is 0 Å². The molecule has 1 rings (SSSR count). The topological polar surface area (TPSA) is 69.4 Å². The molecule has 1 aromatic carbocycles. The first-order chi connectivity index (χ1) is 7.95. The highest BCUT2D eigenvalue weighted by Gasteiger charge is 2.19. The van der Waals surface area contributed by atoms with Gasteiger partial charge in [-0.15, -0.1) is 0 Å². The van der Waals surface area contributed by atoms with Crippen molar-refractivity contribution in [3.8, 4) is 0 Å². The van der Waals surface area contributed by atoms with E-state index in [2.05, 4.69) is 0 Å². The molecule has 0 unspecified atom stereocenters. The van der Waals surface area contributed by atoms with Crippen molar-refractivity contribution in [1.29, 1.82) is 0 Å². The van der Waals surface area contributed by atoms with Crippen LogP contribution < -0.4 is 0 Å². The summed E-state index contributed by atoms with van der Waals surface area (Å²) < 4.78 is 4.76. The smallest absolute Gasteiger partial charge is 0.310 e. The second-order valence-electron chi connectivity index (χ2n) is 3.47. The number of carbonyl (C=O) groups is 1. The number of nitro benzene ring substituents is 1. The van der Waals surface area contributed by atoms with E-state index in [4.69, 9.17) is 16.3 Å². The first-order valence-corrected chi connectivity index (χ1v) is 5.42. The average molecular weight is 258 g/mol. The Morgan fingerprint density at radius 3 is 2.71 bits per heavy atom. The van der Waals surface area contributed by atoms with Crippen LogP contribution in [0.5, 0.6) is 0 Å². The van der Waals surface area contributed by atoms with Crippen molar-refractivity contribution in [3.05, 3.63) is 38.4 Å². The molecule has 0 aromatic heterocycles. The van der Waals surface area contributed by atoms with Gasteiger partial charge in [-0.25, -0.2) is 0 Å². The zero-order chi connectivity index (χ0) is 13.0. The van der Waals surface area contributed by atoms with E-state index in [1.807, 2.05) is 0 Å². The first kappa shape index (κ1) is 13.4. The van der Waals surface area contributed by atoms with E-state index in [0.717, 1.165) is 0 Å². The van der Waals surface area contributed by atoms with E-state index in [1.165, 1.54) is 12.1 Å². The Morgan fingerprint density at radius 1 is 1.53 bits per heavy atom. The number of halogens is 1. The number of hydrogen-bond acceptors (Lipinski definition) is 4. The number of benzene rings is 1. The molecule has 17 heavy (non-hydrogen) atoms. The molecule has 0 N–H and O–H groups in total. The summed E-state index contributed by atoms with van der Waals surface area (Å²) in [6.07, 6.45) is -0.123.